The van der Waals surface area contributed by atoms with Crippen LogP contribution >= 0.6 is 0 Å². The van der Waals surface area contributed by atoms with Gasteiger partial charge in [0.1, 0.15) is 0 Å². The van der Waals surface area contributed by atoms with Gasteiger partial charge in [-0.3, -0.25) is 4.79 Å². The third kappa shape index (κ3) is 4.02. The summed E-state index contributed by atoms with van der Waals surface area (Å²) in [6.07, 6.45) is 10.1. The monoisotopic (exact) mass is 307 g/mol. The lowest BCUT2D eigenvalue weighted by Crippen LogP contribution is -2.47. The molecule has 1 N–H and O–H groups in total. The summed E-state index contributed by atoms with van der Waals surface area (Å²) in [6.45, 7) is 7.93. The van der Waals surface area contributed by atoms with E-state index in [1.165, 1.54) is 51.6 Å². The van der Waals surface area contributed by atoms with Crippen molar-refractivity contribution in [3.05, 3.63) is 0 Å². The minimum atomic E-state index is 0.116. The van der Waals surface area contributed by atoms with Gasteiger partial charge in [0.15, 0.2) is 0 Å². The Morgan fingerprint density at radius 2 is 1.86 bits per heavy atom. The fraction of sp³-hybridized carbons (Fsp3) is 0.944. The van der Waals surface area contributed by atoms with Crippen molar-refractivity contribution in [2.24, 2.45) is 5.92 Å². The molecule has 0 aromatic carbocycles. The molecule has 0 aromatic rings. The van der Waals surface area contributed by atoms with Crippen LogP contribution in [0.15, 0.2) is 0 Å². The van der Waals surface area contributed by atoms with Gasteiger partial charge in [-0.2, -0.15) is 0 Å². The molecule has 2 atom stereocenters. The van der Waals surface area contributed by atoms with Crippen LogP contribution in [0, 0.1) is 5.92 Å². The average molecular weight is 307 g/mol. The molecule has 3 aliphatic rings. The van der Waals surface area contributed by atoms with Crippen molar-refractivity contribution in [3.63, 3.8) is 0 Å². The molecule has 3 saturated heterocycles. The predicted molar refractivity (Wildman–Crippen MR) is 89.8 cm³/mol. The lowest BCUT2D eigenvalue weighted by molar-refractivity contribution is -0.134. The zero-order valence-electron chi connectivity index (χ0n) is 14.2. The molecule has 0 spiro atoms. The van der Waals surface area contributed by atoms with Crippen LogP contribution in [0.4, 0.5) is 0 Å². The van der Waals surface area contributed by atoms with Gasteiger partial charge in [0.05, 0.1) is 6.04 Å². The molecule has 4 nitrogen and oxygen atoms in total. The highest BCUT2D eigenvalue weighted by Crippen LogP contribution is 2.24. The molecular formula is C18H33N3O. The Morgan fingerprint density at radius 1 is 1.05 bits per heavy atom. The van der Waals surface area contributed by atoms with E-state index in [9.17, 15) is 4.79 Å². The predicted octanol–water partition coefficient (Wildman–Crippen LogP) is 2.24. The highest BCUT2D eigenvalue weighted by atomic mass is 16.2. The highest BCUT2D eigenvalue weighted by molar-refractivity contribution is 5.82. The number of rotatable bonds is 4. The lowest BCUT2D eigenvalue weighted by atomic mass is 9.92. The summed E-state index contributed by atoms with van der Waals surface area (Å²) in [6, 6.07) is 0.898. The van der Waals surface area contributed by atoms with E-state index in [2.05, 4.69) is 22.0 Å². The average Bonchev–Trinajstić information content (AvgIpc) is 3.08. The summed E-state index contributed by atoms with van der Waals surface area (Å²) in [5, 5.41) is 3.34. The molecule has 126 valence electrons. The van der Waals surface area contributed by atoms with Gasteiger partial charge in [-0.05, 0) is 77.4 Å². The van der Waals surface area contributed by atoms with Crippen LogP contribution in [0.3, 0.4) is 0 Å². The Labute approximate surface area is 135 Å². The molecule has 3 rings (SSSR count). The van der Waals surface area contributed by atoms with Crippen molar-refractivity contribution in [2.75, 3.05) is 32.7 Å². The van der Waals surface area contributed by atoms with Crippen molar-refractivity contribution in [2.45, 2.75) is 70.4 Å². The first-order valence-corrected chi connectivity index (χ1v) is 9.50. The van der Waals surface area contributed by atoms with E-state index in [1.54, 1.807) is 0 Å². The number of carbonyl (C=O) groups excluding carboxylic acids is 1. The number of nitrogens with zero attached hydrogens (tertiary/aromatic N) is 2. The van der Waals surface area contributed by atoms with Crippen LogP contribution in [-0.4, -0.2) is 60.5 Å². The number of carbonyl (C=O) groups is 1. The molecule has 1 amide bonds. The minimum absolute atomic E-state index is 0.116. The van der Waals surface area contributed by atoms with Crippen molar-refractivity contribution < 1.29 is 4.79 Å². The van der Waals surface area contributed by atoms with E-state index in [1.807, 2.05) is 0 Å². The van der Waals surface area contributed by atoms with Crippen molar-refractivity contribution in [1.82, 2.24) is 15.1 Å². The largest absolute Gasteiger partial charge is 0.341 e. The second-order valence-corrected chi connectivity index (χ2v) is 7.59. The van der Waals surface area contributed by atoms with Crippen LogP contribution in [0.25, 0.3) is 0 Å². The molecule has 0 aromatic heterocycles. The fourth-order valence-corrected chi connectivity index (χ4v) is 4.40. The molecule has 4 heteroatoms. The highest BCUT2D eigenvalue weighted by Gasteiger charge is 2.30. The Balaban J connectivity index is 1.37. The zero-order valence-corrected chi connectivity index (χ0v) is 14.2. The molecule has 0 aliphatic carbocycles. The number of hydrogen-bond acceptors (Lipinski definition) is 3. The maximum Gasteiger partial charge on any atom is 0.239 e. The molecule has 2 unspecified atom stereocenters. The van der Waals surface area contributed by atoms with Gasteiger partial charge in [-0.1, -0.05) is 6.42 Å². The first kappa shape index (κ1) is 16.3. The van der Waals surface area contributed by atoms with Crippen molar-refractivity contribution in [3.8, 4) is 0 Å². The summed E-state index contributed by atoms with van der Waals surface area (Å²) < 4.78 is 0. The normalized spacial score (nSPS) is 31.6. The molecule has 0 bridgehead atoms. The third-order valence-corrected chi connectivity index (χ3v) is 6.05. The molecule has 22 heavy (non-hydrogen) atoms. The first-order chi connectivity index (χ1) is 10.7. The van der Waals surface area contributed by atoms with Gasteiger partial charge in [0, 0.05) is 19.1 Å². The Kier molecular flexibility index (Phi) is 5.75. The summed E-state index contributed by atoms with van der Waals surface area (Å²) in [4.78, 5) is 17.2. The molecule has 0 saturated carbocycles. The second kappa shape index (κ2) is 7.78. The summed E-state index contributed by atoms with van der Waals surface area (Å²) in [7, 11) is 0. The van der Waals surface area contributed by atoms with E-state index >= 15 is 0 Å². The number of nitrogens with one attached hydrogen (secondary N) is 1. The third-order valence-electron chi connectivity index (χ3n) is 6.05. The Morgan fingerprint density at radius 3 is 2.55 bits per heavy atom. The molecule has 3 aliphatic heterocycles. The number of hydrogen-bond donors (Lipinski definition) is 1. The van der Waals surface area contributed by atoms with Crippen molar-refractivity contribution >= 4 is 5.91 Å². The van der Waals surface area contributed by atoms with Gasteiger partial charge in [0.2, 0.25) is 5.91 Å². The summed E-state index contributed by atoms with van der Waals surface area (Å²) >= 11 is 0. The van der Waals surface area contributed by atoms with E-state index < -0.39 is 0 Å². The van der Waals surface area contributed by atoms with Crippen LogP contribution in [0.2, 0.25) is 0 Å². The van der Waals surface area contributed by atoms with E-state index in [4.69, 9.17) is 0 Å². The SMILES string of the molecule is CC1CCCCN1CCC1CCN(C(=O)C2CCCN2)CC1. The maximum absolute atomic E-state index is 12.4. The smallest absolute Gasteiger partial charge is 0.239 e. The molecule has 3 fully saturated rings. The van der Waals surface area contributed by atoms with Gasteiger partial charge < -0.3 is 15.1 Å². The fourth-order valence-electron chi connectivity index (χ4n) is 4.40. The molecule has 0 radical (unpaired) electrons. The Hall–Kier alpha value is -0.610. The van der Waals surface area contributed by atoms with E-state index in [-0.39, 0.29) is 6.04 Å². The summed E-state index contributed by atoms with van der Waals surface area (Å²) in [5.74, 6) is 1.19. The zero-order chi connectivity index (χ0) is 15.4. The van der Waals surface area contributed by atoms with E-state index in [0.717, 1.165) is 44.4 Å². The van der Waals surface area contributed by atoms with E-state index in [0.29, 0.717) is 5.91 Å². The van der Waals surface area contributed by atoms with Gasteiger partial charge in [-0.25, -0.2) is 0 Å². The lowest BCUT2D eigenvalue weighted by Gasteiger charge is -2.37. The first-order valence-electron chi connectivity index (χ1n) is 9.50. The number of likely N-dealkylation sites (tertiary alicyclic amines) is 2. The van der Waals surface area contributed by atoms with Gasteiger partial charge >= 0.3 is 0 Å². The molecular weight excluding hydrogens is 274 g/mol. The number of piperidine rings is 2. The topological polar surface area (TPSA) is 35.6 Å². The minimum Gasteiger partial charge on any atom is -0.341 e. The van der Waals surface area contributed by atoms with Crippen molar-refractivity contribution in [1.29, 1.82) is 0 Å². The Bertz CT molecular complexity index is 359. The standard InChI is InChI=1S/C18H33N3O/c1-15-5-2-3-11-20(15)12-7-16-8-13-21(14-9-16)18(22)17-6-4-10-19-17/h15-17,19H,2-14H2,1H3. The number of amides is 1. The van der Waals surface area contributed by atoms with Crippen LogP contribution < -0.4 is 5.32 Å². The van der Waals surface area contributed by atoms with Gasteiger partial charge in [-0.15, -0.1) is 0 Å². The second-order valence-electron chi connectivity index (χ2n) is 7.59. The maximum atomic E-state index is 12.4. The molecule has 3 heterocycles. The van der Waals surface area contributed by atoms with Gasteiger partial charge in [0.25, 0.3) is 0 Å². The van der Waals surface area contributed by atoms with Crippen LogP contribution in [-0.2, 0) is 4.79 Å². The quantitative estimate of drug-likeness (QED) is 0.865. The van der Waals surface area contributed by atoms with Crippen LogP contribution in [0.1, 0.15) is 58.3 Å². The van der Waals surface area contributed by atoms with Crippen LogP contribution in [0.5, 0.6) is 0 Å². The summed E-state index contributed by atoms with van der Waals surface area (Å²) in [5.41, 5.74) is 0.